The molecule has 13 heteroatoms. The quantitative estimate of drug-likeness (QED) is 0.158. The van der Waals surface area contributed by atoms with Crippen molar-refractivity contribution in [1.82, 2.24) is 0 Å². The summed E-state index contributed by atoms with van der Waals surface area (Å²) in [6.07, 6.45) is 0.833. The molecule has 0 aliphatic rings. The third-order valence-corrected chi connectivity index (χ3v) is 0.175. The van der Waals surface area contributed by atoms with Crippen LogP contribution < -0.4 is 0 Å². The molecular weight excluding hydrogens is 281 g/mol. The van der Waals surface area contributed by atoms with Gasteiger partial charge in [-0.3, -0.25) is 0 Å². The van der Waals surface area contributed by atoms with Crippen molar-refractivity contribution in [3.63, 3.8) is 0 Å². The Bertz CT molecular complexity index is 239. The Labute approximate surface area is 112 Å². The Morgan fingerprint density at radius 2 is 1.00 bits per heavy atom. The molecule has 10 nitrogen and oxygen atoms in total. The zero-order valence-corrected chi connectivity index (χ0v) is 8.82. The number of phosphoric acid groups is 2. The molecule has 0 unspecified atom stereocenters. The molecular formula is C3H11NaO10P2. The van der Waals surface area contributed by atoms with Crippen molar-refractivity contribution in [2.75, 3.05) is 0 Å². The van der Waals surface area contributed by atoms with Crippen molar-refractivity contribution in [1.29, 1.82) is 0 Å². The average molecular weight is 292 g/mol. The van der Waals surface area contributed by atoms with E-state index in [0.717, 1.165) is 6.08 Å². The molecule has 0 atom stereocenters. The molecule has 0 amide bonds. The Morgan fingerprint density at radius 3 is 1.00 bits per heavy atom. The van der Waals surface area contributed by atoms with Gasteiger partial charge in [0.15, 0.2) is 0 Å². The minimum absolute atomic E-state index is 0. The van der Waals surface area contributed by atoms with E-state index >= 15 is 0 Å². The summed E-state index contributed by atoms with van der Waals surface area (Å²) >= 11 is 0. The molecule has 0 fully saturated rings. The molecule has 0 aliphatic carbocycles. The van der Waals surface area contributed by atoms with Crippen LogP contribution in [0.4, 0.5) is 0 Å². The van der Waals surface area contributed by atoms with Gasteiger partial charge >= 0.3 is 51.2 Å². The van der Waals surface area contributed by atoms with Gasteiger partial charge in [0.25, 0.3) is 0 Å². The first-order valence-electron chi connectivity index (χ1n) is 2.69. The summed E-state index contributed by atoms with van der Waals surface area (Å²) in [5.41, 5.74) is 0. The van der Waals surface area contributed by atoms with Crippen LogP contribution in [0.15, 0.2) is 12.7 Å². The molecule has 16 heavy (non-hydrogen) atoms. The zero-order chi connectivity index (χ0) is 13.3. The fourth-order valence-corrected chi connectivity index (χ4v) is 0. The number of carboxylic acids is 1. The molecule has 0 aromatic rings. The standard InChI is InChI=1S/C3H4O2.Na.2H3O4P.H/c1-2-3(4)5;;2*1-5(2,3)4;/h2H,1H2,(H,4,5);;2*(H3,1,2,3,4);. The van der Waals surface area contributed by atoms with E-state index in [1.807, 2.05) is 0 Å². The third-order valence-electron chi connectivity index (χ3n) is 0.175. The molecule has 0 aromatic carbocycles. The molecule has 0 saturated heterocycles. The van der Waals surface area contributed by atoms with Crippen molar-refractivity contribution < 1.29 is 48.4 Å². The summed E-state index contributed by atoms with van der Waals surface area (Å²) in [6, 6.07) is 0. The van der Waals surface area contributed by atoms with Gasteiger partial charge in [-0.15, -0.1) is 0 Å². The van der Waals surface area contributed by atoms with Crippen LogP contribution in [0.3, 0.4) is 0 Å². The summed E-state index contributed by atoms with van der Waals surface area (Å²) in [7, 11) is -9.28. The van der Waals surface area contributed by atoms with E-state index in [9.17, 15) is 4.79 Å². The number of carbonyl (C=O) groups is 1. The van der Waals surface area contributed by atoms with Gasteiger partial charge in [-0.2, -0.15) is 0 Å². The van der Waals surface area contributed by atoms with Gasteiger partial charge in [0.05, 0.1) is 0 Å². The average Bonchev–Trinajstić information content (AvgIpc) is 1.79. The van der Waals surface area contributed by atoms with E-state index in [-0.39, 0.29) is 29.6 Å². The second kappa shape index (κ2) is 11.9. The van der Waals surface area contributed by atoms with Crippen molar-refractivity contribution in [2.24, 2.45) is 0 Å². The number of hydrogen-bond donors (Lipinski definition) is 7. The first-order chi connectivity index (χ1) is 6.27. The maximum atomic E-state index is 9.25. The Hall–Kier alpha value is 0.430. The van der Waals surface area contributed by atoms with Crippen molar-refractivity contribution in [2.45, 2.75) is 0 Å². The van der Waals surface area contributed by atoms with Crippen LogP contribution in [0.25, 0.3) is 0 Å². The van der Waals surface area contributed by atoms with E-state index < -0.39 is 21.6 Å². The predicted molar refractivity (Wildman–Crippen MR) is 53.5 cm³/mol. The first-order valence-corrected chi connectivity index (χ1v) is 5.82. The van der Waals surface area contributed by atoms with Gasteiger partial charge < -0.3 is 34.5 Å². The van der Waals surface area contributed by atoms with Crippen LogP contribution in [-0.4, -0.2) is 70.0 Å². The summed E-state index contributed by atoms with van der Waals surface area (Å²) in [6.45, 7) is 2.96. The van der Waals surface area contributed by atoms with Crippen LogP contribution in [0.1, 0.15) is 0 Å². The molecule has 0 spiro atoms. The fraction of sp³-hybridized carbons (Fsp3) is 0. The molecule has 0 aliphatic heterocycles. The van der Waals surface area contributed by atoms with Crippen molar-refractivity contribution in [3.8, 4) is 0 Å². The zero-order valence-electron chi connectivity index (χ0n) is 7.03. The summed E-state index contributed by atoms with van der Waals surface area (Å²) in [4.78, 5) is 52.4. The number of hydrogen-bond acceptors (Lipinski definition) is 3. The van der Waals surface area contributed by atoms with Crippen LogP contribution in [0.2, 0.25) is 0 Å². The van der Waals surface area contributed by atoms with Gasteiger partial charge in [0, 0.05) is 6.08 Å². The van der Waals surface area contributed by atoms with E-state index in [1.54, 1.807) is 0 Å². The Kier molecular flexibility index (Phi) is 18.8. The van der Waals surface area contributed by atoms with Gasteiger partial charge in [-0.05, 0) is 0 Å². The summed E-state index contributed by atoms with van der Waals surface area (Å²) in [5, 5.41) is 7.60. The topological polar surface area (TPSA) is 193 Å². The van der Waals surface area contributed by atoms with E-state index in [4.69, 9.17) is 43.6 Å². The van der Waals surface area contributed by atoms with Crippen LogP contribution >= 0.6 is 15.6 Å². The van der Waals surface area contributed by atoms with Gasteiger partial charge in [-0.25, -0.2) is 13.9 Å². The molecule has 7 N–H and O–H groups in total. The monoisotopic (exact) mass is 292 g/mol. The van der Waals surface area contributed by atoms with Crippen LogP contribution in [0, 0.1) is 0 Å². The second-order valence-electron chi connectivity index (χ2n) is 1.57. The van der Waals surface area contributed by atoms with Crippen LogP contribution in [0.5, 0.6) is 0 Å². The molecule has 0 heterocycles. The molecule has 94 valence electrons. The molecule has 0 radical (unpaired) electrons. The fourth-order valence-electron chi connectivity index (χ4n) is 0. The number of rotatable bonds is 1. The van der Waals surface area contributed by atoms with Crippen molar-refractivity contribution >= 4 is 51.2 Å². The van der Waals surface area contributed by atoms with E-state index in [1.165, 1.54) is 0 Å². The van der Waals surface area contributed by atoms with Crippen LogP contribution in [-0.2, 0) is 13.9 Å². The van der Waals surface area contributed by atoms with Gasteiger partial charge in [0.2, 0.25) is 0 Å². The maximum absolute atomic E-state index is 9.25. The minimum atomic E-state index is -4.64. The SMILES string of the molecule is C=CC(=O)O.O=P(O)(O)O.O=P(O)(O)O.[NaH]. The van der Waals surface area contributed by atoms with E-state index in [0.29, 0.717) is 0 Å². The first kappa shape index (κ1) is 25.3. The Balaban J connectivity index is -0.0000000655. The number of aliphatic carboxylic acids is 1. The Morgan fingerprint density at radius 1 is 0.938 bits per heavy atom. The molecule has 0 bridgehead atoms. The predicted octanol–water partition coefficient (Wildman–Crippen LogP) is -2.25. The molecule has 0 rings (SSSR count). The second-order valence-corrected chi connectivity index (χ2v) is 3.62. The summed E-state index contributed by atoms with van der Waals surface area (Å²) in [5.74, 6) is -0.981. The molecule has 0 aromatic heterocycles. The van der Waals surface area contributed by atoms with Gasteiger partial charge in [0.1, 0.15) is 0 Å². The van der Waals surface area contributed by atoms with Crippen molar-refractivity contribution in [3.05, 3.63) is 12.7 Å². The summed E-state index contributed by atoms with van der Waals surface area (Å²) < 4.78 is 17.8. The van der Waals surface area contributed by atoms with E-state index in [2.05, 4.69) is 6.58 Å². The van der Waals surface area contributed by atoms with Gasteiger partial charge in [-0.1, -0.05) is 6.58 Å². The molecule has 0 saturated carbocycles. The number of carboxylic acid groups (broad SMARTS) is 1. The third kappa shape index (κ3) is 441. The normalized spacial score (nSPS) is 9.38.